The number of fused-ring (bicyclic) bond motifs is 1. The van der Waals surface area contributed by atoms with Crippen molar-refractivity contribution in [2.24, 2.45) is 0 Å². The highest BCUT2D eigenvalue weighted by Crippen LogP contribution is 2.25. The number of para-hydroxylation sites is 1. The Morgan fingerprint density at radius 2 is 2.12 bits per heavy atom. The van der Waals surface area contributed by atoms with Crippen LogP contribution in [0.2, 0.25) is 5.22 Å². The smallest absolute Gasteiger partial charge is 0.333 e. The maximum atomic E-state index is 11.9. The first-order valence-corrected chi connectivity index (χ1v) is 5.99. The largest absolute Gasteiger partial charge is 0.428 e. The van der Waals surface area contributed by atoms with Crippen LogP contribution in [0.25, 0.3) is 16.9 Å². The van der Waals surface area contributed by atoms with Crippen LogP contribution >= 0.6 is 27.5 Å². The summed E-state index contributed by atoms with van der Waals surface area (Å²) < 4.78 is 7.50. The summed E-state index contributed by atoms with van der Waals surface area (Å²) in [4.78, 5) is 14.6. The van der Waals surface area contributed by atoms with Gasteiger partial charge in [-0.05, 0) is 45.7 Å². The van der Waals surface area contributed by atoms with Crippen molar-refractivity contribution in [1.82, 2.24) is 9.55 Å². The van der Waals surface area contributed by atoms with Crippen LogP contribution in [-0.2, 0) is 0 Å². The average molecular weight is 314 g/mol. The molecule has 0 saturated carbocycles. The lowest BCUT2D eigenvalue weighted by atomic mass is 10.3. The van der Waals surface area contributed by atoms with Crippen molar-refractivity contribution in [2.75, 3.05) is 0 Å². The molecule has 0 aliphatic heterocycles. The van der Waals surface area contributed by atoms with Gasteiger partial charge in [0, 0.05) is 10.5 Å². The van der Waals surface area contributed by atoms with Gasteiger partial charge in [0.2, 0.25) is 5.88 Å². The molecule has 4 nitrogen and oxygen atoms in total. The molecule has 17 heavy (non-hydrogen) atoms. The van der Waals surface area contributed by atoms with E-state index in [2.05, 4.69) is 20.9 Å². The van der Waals surface area contributed by atoms with Gasteiger partial charge in [-0.15, -0.1) is 0 Å². The standard InChI is InChI=1S/C11H6BrClN2O2/c12-6-2-1-3-7-10(6)15(11(16)14-7)9-5-4-8(13)17-9/h1-5H,(H,14,16). The van der Waals surface area contributed by atoms with Crippen LogP contribution in [0.15, 0.2) is 44.0 Å². The van der Waals surface area contributed by atoms with Gasteiger partial charge in [-0.25, -0.2) is 9.36 Å². The Balaban J connectivity index is 2.43. The van der Waals surface area contributed by atoms with Gasteiger partial charge in [0.1, 0.15) is 0 Å². The Morgan fingerprint density at radius 1 is 1.29 bits per heavy atom. The highest BCUT2D eigenvalue weighted by Gasteiger charge is 2.13. The minimum absolute atomic E-state index is 0.244. The van der Waals surface area contributed by atoms with E-state index in [9.17, 15) is 4.79 Å². The molecule has 2 aromatic heterocycles. The number of nitrogens with one attached hydrogen (secondary N) is 1. The fourth-order valence-corrected chi connectivity index (χ4v) is 2.44. The number of hydrogen-bond donors (Lipinski definition) is 1. The third kappa shape index (κ3) is 1.62. The summed E-state index contributed by atoms with van der Waals surface area (Å²) in [5.74, 6) is 0.387. The Kier molecular flexibility index (Phi) is 2.38. The minimum Gasteiger partial charge on any atom is -0.428 e. The molecular weight excluding hydrogens is 307 g/mol. The number of hydrogen-bond acceptors (Lipinski definition) is 2. The molecule has 1 N–H and O–H groups in total. The number of imidazole rings is 1. The van der Waals surface area contributed by atoms with E-state index in [0.29, 0.717) is 5.88 Å². The Morgan fingerprint density at radius 3 is 2.82 bits per heavy atom. The fourth-order valence-electron chi connectivity index (χ4n) is 1.75. The summed E-state index contributed by atoms with van der Waals surface area (Å²) >= 11 is 9.13. The van der Waals surface area contributed by atoms with Crippen LogP contribution in [0.5, 0.6) is 0 Å². The molecule has 0 aliphatic rings. The maximum absolute atomic E-state index is 11.9. The summed E-state index contributed by atoms with van der Waals surface area (Å²) in [5.41, 5.74) is 1.19. The van der Waals surface area contributed by atoms with E-state index in [1.165, 1.54) is 4.57 Å². The van der Waals surface area contributed by atoms with Crippen LogP contribution < -0.4 is 5.69 Å². The van der Waals surface area contributed by atoms with Gasteiger partial charge in [-0.1, -0.05) is 6.07 Å². The summed E-state index contributed by atoms with van der Waals surface area (Å²) in [7, 11) is 0. The molecule has 0 fully saturated rings. The molecule has 0 amide bonds. The number of benzene rings is 1. The first kappa shape index (κ1) is 10.7. The molecule has 3 rings (SSSR count). The predicted molar refractivity (Wildman–Crippen MR) is 68.9 cm³/mol. The van der Waals surface area contributed by atoms with E-state index in [-0.39, 0.29) is 10.9 Å². The molecule has 1 aromatic carbocycles. The zero-order valence-corrected chi connectivity index (χ0v) is 10.7. The van der Waals surface area contributed by atoms with Crippen molar-refractivity contribution < 1.29 is 4.42 Å². The number of furan rings is 1. The molecule has 2 heterocycles. The topological polar surface area (TPSA) is 50.9 Å². The molecule has 6 heteroatoms. The van der Waals surface area contributed by atoms with Gasteiger partial charge in [0.25, 0.3) is 0 Å². The fraction of sp³-hybridized carbons (Fsp3) is 0. The van der Waals surface area contributed by atoms with Crippen LogP contribution in [0.1, 0.15) is 0 Å². The van der Waals surface area contributed by atoms with Gasteiger partial charge < -0.3 is 9.40 Å². The normalized spacial score (nSPS) is 11.2. The first-order chi connectivity index (χ1) is 8.16. The lowest BCUT2D eigenvalue weighted by Crippen LogP contribution is -2.13. The number of aromatic nitrogens is 2. The van der Waals surface area contributed by atoms with Crippen molar-refractivity contribution in [3.8, 4) is 5.88 Å². The molecule has 0 atom stereocenters. The summed E-state index contributed by atoms with van der Waals surface area (Å²) in [6, 6.07) is 8.77. The first-order valence-electron chi connectivity index (χ1n) is 4.82. The summed E-state index contributed by atoms with van der Waals surface area (Å²) in [6.07, 6.45) is 0. The second-order valence-electron chi connectivity index (χ2n) is 3.48. The second-order valence-corrected chi connectivity index (χ2v) is 4.71. The van der Waals surface area contributed by atoms with Crippen LogP contribution in [0.3, 0.4) is 0 Å². The van der Waals surface area contributed by atoms with E-state index >= 15 is 0 Å². The second kappa shape index (κ2) is 3.78. The monoisotopic (exact) mass is 312 g/mol. The van der Waals surface area contributed by atoms with Crippen molar-refractivity contribution in [1.29, 1.82) is 0 Å². The number of aromatic amines is 1. The zero-order chi connectivity index (χ0) is 12.0. The molecule has 0 spiro atoms. The van der Waals surface area contributed by atoms with Crippen LogP contribution in [0, 0.1) is 0 Å². The molecule has 0 radical (unpaired) electrons. The molecule has 0 saturated heterocycles. The van der Waals surface area contributed by atoms with Crippen LogP contribution in [0.4, 0.5) is 0 Å². The van der Waals surface area contributed by atoms with Crippen molar-refractivity contribution >= 4 is 38.6 Å². The SMILES string of the molecule is O=c1[nH]c2cccc(Br)c2n1-c1ccc(Cl)o1. The Labute approximate surface area is 109 Å². The van der Waals surface area contributed by atoms with Gasteiger partial charge in [-0.2, -0.15) is 0 Å². The lowest BCUT2D eigenvalue weighted by Gasteiger charge is -1.99. The Hall–Kier alpha value is -1.46. The molecule has 0 unspecified atom stereocenters. The van der Waals surface area contributed by atoms with Gasteiger partial charge in [0.15, 0.2) is 5.22 Å². The molecule has 0 bridgehead atoms. The number of H-pyrrole nitrogens is 1. The molecule has 0 aliphatic carbocycles. The zero-order valence-electron chi connectivity index (χ0n) is 8.41. The van der Waals surface area contributed by atoms with E-state index in [0.717, 1.165) is 15.5 Å². The highest BCUT2D eigenvalue weighted by molar-refractivity contribution is 9.10. The van der Waals surface area contributed by atoms with Gasteiger partial charge in [-0.3, -0.25) is 0 Å². The molecular formula is C11H6BrClN2O2. The van der Waals surface area contributed by atoms with E-state index in [4.69, 9.17) is 16.0 Å². The third-order valence-corrected chi connectivity index (χ3v) is 3.28. The van der Waals surface area contributed by atoms with Gasteiger partial charge in [0.05, 0.1) is 11.0 Å². The Bertz CT molecular complexity index is 756. The van der Waals surface area contributed by atoms with Crippen LogP contribution in [-0.4, -0.2) is 9.55 Å². The van der Waals surface area contributed by atoms with E-state index in [1.54, 1.807) is 12.1 Å². The number of halogens is 2. The van der Waals surface area contributed by atoms with E-state index in [1.807, 2.05) is 18.2 Å². The molecule has 86 valence electrons. The van der Waals surface area contributed by atoms with Crippen molar-refractivity contribution in [2.45, 2.75) is 0 Å². The van der Waals surface area contributed by atoms with Crippen molar-refractivity contribution in [3.05, 3.63) is 50.5 Å². The molecule has 3 aromatic rings. The third-order valence-electron chi connectivity index (χ3n) is 2.43. The lowest BCUT2D eigenvalue weighted by molar-refractivity contribution is 0.540. The highest BCUT2D eigenvalue weighted by atomic mass is 79.9. The minimum atomic E-state index is -0.266. The average Bonchev–Trinajstić information content (AvgIpc) is 2.82. The summed E-state index contributed by atoms with van der Waals surface area (Å²) in [6.45, 7) is 0. The quantitative estimate of drug-likeness (QED) is 0.749. The predicted octanol–water partition coefficient (Wildman–Crippen LogP) is 3.33. The maximum Gasteiger partial charge on any atom is 0.333 e. The van der Waals surface area contributed by atoms with Crippen molar-refractivity contribution in [3.63, 3.8) is 0 Å². The summed E-state index contributed by atoms with van der Waals surface area (Å²) in [5, 5.41) is 0.244. The number of rotatable bonds is 1. The number of nitrogens with zero attached hydrogens (tertiary/aromatic N) is 1. The van der Waals surface area contributed by atoms with E-state index < -0.39 is 0 Å². The van der Waals surface area contributed by atoms with Gasteiger partial charge >= 0.3 is 5.69 Å².